The van der Waals surface area contributed by atoms with E-state index >= 15 is 0 Å². The molecule has 0 aliphatic carbocycles. The number of pyridine rings is 1. The number of aliphatic imine (C=N–C) groups is 1. The third-order valence-corrected chi connectivity index (χ3v) is 1.64. The van der Waals surface area contributed by atoms with Crippen LogP contribution in [0.25, 0.3) is 0 Å². The van der Waals surface area contributed by atoms with Gasteiger partial charge in [-0.15, -0.1) is 0 Å². The zero-order chi connectivity index (χ0) is 10.2. The molecule has 0 aliphatic heterocycles. The summed E-state index contributed by atoms with van der Waals surface area (Å²) in [6, 6.07) is 3.90. The summed E-state index contributed by atoms with van der Waals surface area (Å²) in [5.41, 5.74) is 1.96. The lowest BCUT2D eigenvalue weighted by Gasteiger charge is -1.98. The van der Waals surface area contributed by atoms with Crippen LogP contribution < -0.4 is 0 Å². The van der Waals surface area contributed by atoms with Crippen molar-refractivity contribution in [2.75, 3.05) is 0 Å². The number of hydrogen-bond donors (Lipinski definition) is 0. The van der Waals surface area contributed by atoms with E-state index in [0.717, 1.165) is 11.3 Å². The van der Waals surface area contributed by atoms with Crippen molar-refractivity contribution in [3.8, 4) is 0 Å². The molecule has 2 heteroatoms. The number of allylic oxidation sites excluding steroid dienone is 3. The maximum atomic E-state index is 4.31. The number of hydrogen-bond acceptors (Lipinski definition) is 2. The maximum absolute atomic E-state index is 4.31. The Morgan fingerprint density at radius 3 is 2.79 bits per heavy atom. The minimum Gasteiger partial charge on any atom is -0.264 e. The van der Waals surface area contributed by atoms with E-state index in [1.807, 2.05) is 50.4 Å². The highest BCUT2D eigenvalue weighted by Crippen LogP contribution is 2.01. The predicted octanol–water partition coefficient (Wildman–Crippen LogP) is 2.98. The summed E-state index contributed by atoms with van der Waals surface area (Å²) in [5.74, 6) is 0. The Morgan fingerprint density at radius 2 is 2.21 bits per heavy atom. The Bertz CT molecular complexity index is 348. The molecule has 0 aliphatic rings. The average molecular weight is 186 g/mol. The molecule has 1 rings (SSSR count). The molecule has 0 saturated carbocycles. The Labute approximate surface area is 84.7 Å². The lowest BCUT2D eigenvalue weighted by Crippen LogP contribution is -1.95. The lowest BCUT2D eigenvalue weighted by atomic mass is 10.1. The van der Waals surface area contributed by atoms with Crippen LogP contribution in [0.15, 0.2) is 53.9 Å². The molecule has 2 nitrogen and oxygen atoms in total. The van der Waals surface area contributed by atoms with Crippen LogP contribution >= 0.6 is 0 Å². The Balaban J connectivity index is 3.00. The molecular weight excluding hydrogens is 172 g/mol. The minimum atomic E-state index is 0.929. The van der Waals surface area contributed by atoms with Gasteiger partial charge in [-0.2, -0.15) is 0 Å². The van der Waals surface area contributed by atoms with E-state index < -0.39 is 0 Å². The molecule has 0 bridgehead atoms. The van der Waals surface area contributed by atoms with Gasteiger partial charge in [0.15, 0.2) is 0 Å². The van der Waals surface area contributed by atoms with Gasteiger partial charge < -0.3 is 0 Å². The molecule has 1 aromatic heterocycles. The second-order valence-electron chi connectivity index (χ2n) is 2.74. The highest BCUT2D eigenvalue weighted by Gasteiger charge is 1.96. The summed E-state index contributed by atoms with van der Waals surface area (Å²) in [4.78, 5) is 8.37. The third-order valence-electron chi connectivity index (χ3n) is 1.64. The zero-order valence-corrected chi connectivity index (χ0v) is 8.51. The van der Waals surface area contributed by atoms with Crippen molar-refractivity contribution in [1.82, 2.24) is 4.98 Å². The van der Waals surface area contributed by atoms with Crippen LogP contribution in [-0.4, -0.2) is 10.7 Å². The largest absolute Gasteiger partial charge is 0.264 e. The van der Waals surface area contributed by atoms with E-state index in [0.29, 0.717) is 0 Å². The predicted molar refractivity (Wildman–Crippen MR) is 60.4 cm³/mol. The first-order chi connectivity index (χ1) is 6.88. The van der Waals surface area contributed by atoms with Crippen molar-refractivity contribution >= 4 is 5.71 Å². The molecule has 0 fully saturated rings. The van der Waals surface area contributed by atoms with Crippen molar-refractivity contribution in [2.45, 2.75) is 13.8 Å². The number of rotatable bonds is 3. The van der Waals surface area contributed by atoms with E-state index in [-0.39, 0.29) is 0 Å². The van der Waals surface area contributed by atoms with Crippen LogP contribution in [0.4, 0.5) is 0 Å². The summed E-state index contributed by atoms with van der Waals surface area (Å²) in [5, 5.41) is 0. The first kappa shape index (κ1) is 10.4. The van der Waals surface area contributed by atoms with Gasteiger partial charge in [-0.25, -0.2) is 0 Å². The lowest BCUT2D eigenvalue weighted by molar-refractivity contribution is 1.31. The highest BCUT2D eigenvalue weighted by molar-refractivity contribution is 6.08. The normalized spacial score (nSPS) is 12.9. The Hall–Kier alpha value is -1.70. The Morgan fingerprint density at radius 1 is 1.36 bits per heavy atom. The third kappa shape index (κ3) is 2.98. The second kappa shape index (κ2) is 5.86. The molecule has 72 valence electrons. The van der Waals surface area contributed by atoms with Crippen LogP contribution in [0.5, 0.6) is 0 Å². The van der Waals surface area contributed by atoms with E-state index in [2.05, 4.69) is 9.98 Å². The zero-order valence-electron chi connectivity index (χ0n) is 8.51. The van der Waals surface area contributed by atoms with Gasteiger partial charge in [0.2, 0.25) is 0 Å². The summed E-state index contributed by atoms with van der Waals surface area (Å²) < 4.78 is 0. The fraction of sp³-hybridized carbons (Fsp3) is 0.167. The van der Waals surface area contributed by atoms with Crippen molar-refractivity contribution in [2.24, 2.45) is 4.99 Å². The second-order valence-corrected chi connectivity index (χ2v) is 2.74. The summed E-state index contributed by atoms with van der Waals surface area (Å²) in [7, 11) is 0. The fourth-order valence-corrected chi connectivity index (χ4v) is 1.04. The molecule has 0 radical (unpaired) electrons. The topological polar surface area (TPSA) is 25.2 Å². The van der Waals surface area contributed by atoms with Gasteiger partial charge in [-0.05, 0) is 32.1 Å². The SMILES string of the molecule is C\C=C/N=C(\C=C/C)c1cccnc1. The average Bonchev–Trinajstić information content (AvgIpc) is 2.25. The molecule has 1 aromatic rings. The van der Waals surface area contributed by atoms with Gasteiger partial charge in [-0.1, -0.05) is 12.2 Å². The molecule has 14 heavy (non-hydrogen) atoms. The van der Waals surface area contributed by atoms with Gasteiger partial charge >= 0.3 is 0 Å². The quantitative estimate of drug-likeness (QED) is 0.666. The van der Waals surface area contributed by atoms with Gasteiger partial charge in [-0.3, -0.25) is 9.98 Å². The molecule has 0 unspecified atom stereocenters. The Kier molecular flexibility index (Phi) is 4.35. The van der Waals surface area contributed by atoms with Crippen LogP contribution in [0.1, 0.15) is 19.4 Å². The molecule has 0 saturated heterocycles. The molecule has 0 amide bonds. The van der Waals surface area contributed by atoms with Crippen molar-refractivity contribution in [3.63, 3.8) is 0 Å². The first-order valence-electron chi connectivity index (χ1n) is 4.60. The van der Waals surface area contributed by atoms with Gasteiger partial charge in [0.05, 0.1) is 5.71 Å². The van der Waals surface area contributed by atoms with E-state index in [1.165, 1.54) is 0 Å². The molecule has 0 N–H and O–H groups in total. The number of aromatic nitrogens is 1. The summed E-state index contributed by atoms with van der Waals surface area (Å²) in [6.45, 7) is 3.92. The van der Waals surface area contributed by atoms with Crippen molar-refractivity contribution in [3.05, 3.63) is 54.5 Å². The molecule has 0 atom stereocenters. The molecule has 1 heterocycles. The van der Waals surface area contributed by atoms with E-state index in [9.17, 15) is 0 Å². The molecule has 0 spiro atoms. The highest BCUT2D eigenvalue weighted by atomic mass is 14.7. The van der Waals surface area contributed by atoms with Crippen LogP contribution in [0.3, 0.4) is 0 Å². The van der Waals surface area contributed by atoms with E-state index in [4.69, 9.17) is 0 Å². The number of nitrogens with zero attached hydrogens (tertiary/aromatic N) is 2. The van der Waals surface area contributed by atoms with Crippen LogP contribution in [-0.2, 0) is 0 Å². The minimum absolute atomic E-state index is 0.929. The summed E-state index contributed by atoms with van der Waals surface area (Å²) in [6.07, 6.45) is 11.2. The van der Waals surface area contributed by atoms with Crippen molar-refractivity contribution < 1.29 is 0 Å². The van der Waals surface area contributed by atoms with E-state index in [1.54, 1.807) is 12.4 Å². The van der Waals surface area contributed by atoms with Gasteiger partial charge in [0.25, 0.3) is 0 Å². The van der Waals surface area contributed by atoms with Crippen molar-refractivity contribution in [1.29, 1.82) is 0 Å². The monoisotopic (exact) mass is 186 g/mol. The van der Waals surface area contributed by atoms with Crippen LogP contribution in [0.2, 0.25) is 0 Å². The molecule has 0 aromatic carbocycles. The molecular formula is C12H14N2. The standard InChI is InChI=1S/C12H14N2/c1-3-6-12(14-8-4-2)11-7-5-9-13-10-11/h3-10H,1-2H3/b6-3-,8-4-,14-12+. The smallest absolute Gasteiger partial charge is 0.0714 e. The van der Waals surface area contributed by atoms with Crippen LogP contribution in [0, 0.1) is 0 Å². The van der Waals surface area contributed by atoms with Gasteiger partial charge in [0.1, 0.15) is 0 Å². The summed E-state index contributed by atoms with van der Waals surface area (Å²) >= 11 is 0. The fourth-order valence-electron chi connectivity index (χ4n) is 1.04. The van der Waals surface area contributed by atoms with Gasteiger partial charge in [0, 0.05) is 24.2 Å². The first-order valence-corrected chi connectivity index (χ1v) is 4.60. The maximum Gasteiger partial charge on any atom is 0.0714 e.